The van der Waals surface area contributed by atoms with Crippen molar-refractivity contribution in [1.29, 1.82) is 0 Å². The van der Waals surface area contributed by atoms with Crippen molar-refractivity contribution in [3.05, 3.63) is 41.5 Å². The smallest absolute Gasteiger partial charge is 0.119 e. The zero-order valence-corrected chi connectivity index (χ0v) is 12.0. The lowest BCUT2D eigenvalue weighted by Gasteiger charge is -2.14. The number of rotatable bonds is 7. The van der Waals surface area contributed by atoms with Crippen LogP contribution >= 0.6 is 0 Å². The number of ether oxygens (including phenoxy) is 1. The number of hydrogen-bond donors (Lipinski definition) is 1. The van der Waals surface area contributed by atoms with Crippen LogP contribution in [0.2, 0.25) is 0 Å². The molecule has 0 saturated heterocycles. The Kier molecular flexibility index (Phi) is 6.51. The highest BCUT2D eigenvalue weighted by atomic mass is 16.5. The topological polar surface area (TPSA) is 21.3 Å². The highest BCUT2D eigenvalue weighted by Gasteiger charge is 2.05. The summed E-state index contributed by atoms with van der Waals surface area (Å²) in [4.78, 5) is 0. The van der Waals surface area contributed by atoms with Crippen LogP contribution in [0.3, 0.4) is 0 Å². The number of allylic oxidation sites excluding steroid dienone is 1. The Bertz CT molecular complexity index is 363. The minimum Gasteiger partial charge on any atom is -0.494 e. The van der Waals surface area contributed by atoms with Crippen molar-refractivity contribution in [1.82, 2.24) is 5.32 Å². The summed E-state index contributed by atoms with van der Waals surface area (Å²) < 4.78 is 5.66. The lowest BCUT2D eigenvalue weighted by atomic mass is 10.0. The third-order valence-electron chi connectivity index (χ3n) is 2.82. The third kappa shape index (κ3) is 4.92. The van der Waals surface area contributed by atoms with Gasteiger partial charge >= 0.3 is 0 Å². The van der Waals surface area contributed by atoms with Crippen LogP contribution in [0.15, 0.2) is 35.9 Å². The lowest BCUT2D eigenvalue weighted by Crippen LogP contribution is -2.14. The van der Waals surface area contributed by atoms with Gasteiger partial charge in [-0.25, -0.2) is 0 Å². The van der Waals surface area contributed by atoms with Crippen molar-refractivity contribution in [2.45, 2.75) is 39.7 Å². The second-order valence-corrected chi connectivity index (χ2v) is 4.78. The van der Waals surface area contributed by atoms with Crippen LogP contribution in [0.5, 0.6) is 5.75 Å². The van der Waals surface area contributed by atoms with Crippen molar-refractivity contribution in [2.24, 2.45) is 0 Å². The van der Waals surface area contributed by atoms with Crippen LogP contribution in [-0.2, 0) is 0 Å². The predicted octanol–water partition coefficient (Wildman–Crippen LogP) is 4.09. The Morgan fingerprint density at radius 2 is 1.94 bits per heavy atom. The van der Waals surface area contributed by atoms with E-state index in [0.29, 0.717) is 0 Å². The van der Waals surface area contributed by atoms with Crippen molar-refractivity contribution < 1.29 is 4.74 Å². The second kappa shape index (κ2) is 7.93. The van der Waals surface area contributed by atoms with Gasteiger partial charge in [0.1, 0.15) is 5.75 Å². The third-order valence-corrected chi connectivity index (χ3v) is 2.82. The number of nitrogens with one attached hydrogen (secondary N) is 1. The van der Waals surface area contributed by atoms with Crippen LogP contribution in [0, 0.1) is 0 Å². The van der Waals surface area contributed by atoms with Gasteiger partial charge in [0.15, 0.2) is 0 Å². The van der Waals surface area contributed by atoms with Crippen LogP contribution in [0.25, 0.3) is 0 Å². The van der Waals surface area contributed by atoms with Crippen molar-refractivity contribution in [2.75, 3.05) is 13.7 Å². The van der Waals surface area contributed by atoms with E-state index in [4.69, 9.17) is 4.74 Å². The number of likely N-dealkylation sites (N-methyl/N-ethyl adjacent to an activating group) is 1. The molecule has 0 spiro atoms. The largest absolute Gasteiger partial charge is 0.494 e. The first-order chi connectivity index (χ1) is 8.67. The SMILES string of the molecule is CCCCOc1ccc(C(C=C(C)C)NC)cc1. The molecule has 2 nitrogen and oxygen atoms in total. The average Bonchev–Trinajstić information content (AvgIpc) is 2.37. The van der Waals surface area contributed by atoms with Crippen molar-refractivity contribution >= 4 is 0 Å². The van der Waals surface area contributed by atoms with E-state index in [-0.39, 0.29) is 6.04 Å². The molecule has 1 aromatic carbocycles. The molecule has 0 aromatic heterocycles. The molecule has 1 atom stereocenters. The fraction of sp³-hybridized carbons (Fsp3) is 0.500. The second-order valence-electron chi connectivity index (χ2n) is 4.78. The Labute approximate surface area is 111 Å². The molecule has 0 radical (unpaired) electrons. The quantitative estimate of drug-likeness (QED) is 0.579. The van der Waals surface area contributed by atoms with Crippen LogP contribution < -0.4 is 10.1 Å². The Morgan fingerprint density at radius 3 is 2.44 bits per heavy atom. The summed E-state index contributed by atoms with van der Waals surface area (Å²) in [5.41, 5.74) is 2.58. The monoisotopic (exact) mass is 247 g/mol. The van der Waals surface area contributed by atoms with Gasteiger partial charge in [0.25, 0.3) is 0 Å². The van der Waals surface area contributed by atoms with Gasteiger partial charge in [-0.05, 0) is 45.0 Å². The maximum Gasteiger partial charge on any atom is 0.119 e. The predicted molar refractivity (Wildman–Crippen MR) is 78.1 cm³/mol. The molecule has 0 heterocycles. The minimum absolute atomic E-state index is 0.277. The molecule has 0 amide bonds. The van der Waals surface area contributed by atoms with E-state index in [2.05, 4.69) is 44.3 Å². The van der Waals surface area contributed by atoms with Gasteiger partial charge in [0.05, 0.1) is 12.6 Å². The van der Waals surface area contributed by atoms with Gasteiger partial charge in [-0.15, -0.1) is 0 Å². The highest BCUT2D eigenvalue weighted by Crippen LogP contribution is 2.19. The van der Waals surface area contributed by atoms with Gasteiger partial charge in [-0.1, -0.05) is 37.1 Å². The Balaban J connectivity index is 2.66. The van der Waals surface area contributed by atoms with Crippen LogP contribution in [-0.4, -0.2) is 13.7 Å². The summed E-state index contributed by atoms with van der Waals surface area (Å²) in [5.74, 6) is 0.958. The molecule has 100 valence electrons. The van der Waals surface area contributed by atoms with Crippen LogP contribution in [0.1, 0.15) is 45.2 Å². The standard InChI is InChI=1S/C16H25NO/c1-5-6-11-18-15-9-7-14(8-10-15)16(17-4)12-13(2)3/h7-10,12,16-17H,5-6,11H2,1-4H3. The van der Waals surface area contributed by atoms with Gasteiger partial charge in [-0.3, -0.25) is 0 Å². The maximum absolute atomic E-state index is 5.66. The number of benzene rings is 1. The highest BCUT2D eigenvalue weighted by molar-refractivity contribution is 5.31. The molecule has 0 aliphatic carbocycles. The molecule has 0 saturated carbocycles. The van der Waals surface area contributed by atoms with Gasteiger partial charge in [-0.2, -0.15) is 0 Å². The summed E-state index contributed by atoms with van der Waals surface area (Å²) >= 11 is 0. The molecule has 0 bridgehead atoms. The molecule has 1 unspecified atom stereocenters. The average molecular weight is 247 g/mol. The van der Waals surface area contributed by atoms with E-state index in [1.165, 1.54) is 17.6 Å². The van der Waals surface area contributed by atoms with E-state index < -0.39 is 0 Å². The first-order valence-electron chi connectivity index (χ1n) is 6.72. The minimum atomic E-state index is 0.277. The summed E-state index contributed by atoms with van der Waals surface area (Å²) in [6, 6.07) is 8.63. The summed E-state index contributed by atoms with van der Waals surface area (Å²) in [6.45, 7) is 7.21. The zero-order chi connectivity index (χ0) is 13.4. The Morgan fingerprint density at radius 1 is 1.28 bits per heavy atom. The fourth-order valence-corrected chi connectivity index (χ4v) is 1.79. The van der Waals surface area contributed by atoms with E-state index in [0.717, 1.165) is 18.8 Å². The maximum atomic E-state index is 5.66. The first-order valence-corrected chi connectivity index (χ1v) is 6.72. The van der Waals surface area contributed by atoms with E-state index >= 15 is 0 Å². The fourth-order valence-electron chi connectivity index (χ4n) is 1.79. The molecule has 1 aromatic rings. The van der Waals surface area contributed by atoms with Gasteiger partial charge < -0.3 is 10.1 Å². The van der Waals surface area contributed by atoms with E-state index in [9.17, 15) is 0 Å². The molecular formula is C16H25NO. The van der Waals surface area contributed by atoms with Crippen molar-refractivity contribution in [3.8, 4) is 5.75 Å². The number of unbranched alkanes of at least 4 members (excludes halogenated alkanes) is 1. The molecule has 0 aliphatic rings. The zero-order valence-electron chi connectivity index (χ0n) is 12.0. The van der Waals surface area contributed by atoms with E-state index in [1.54, 1.807) is 0 Å². The van der Waals surface area contributed by atoms with Crippen LogP contribution in [0.4, 0.5) is 0 Å². The molecule has 1 rings (SSSR count). The number of hydrogen-bond acceptors (Lipinski definition) is 2. The van der Waals surface area contributed by atoms with E-state index in [1.807, 2.05) is 19.2 Å². The lowest BCUT2D eigenvalue weighted by molar-refractivity contribution is 0.309. The summed E-state index contributed by atoms with van der Waals surface area (Å²) in [5, 5.41) is 3.30. The molecule has 1 N–H and O–H groups in total. The molecule has 0 fully saturated rings. The normalized spacial score (nSPS) is 12.0. The van der Waals surface area contributed by atoms with Crippen molar-refractivity contribution in [3.63, 3.8) is 0 Å². The first kappa shape index (κ1) is 14.8. The Hall–Kier alpha value is -1.28. The molecule has 2 heteroatoms. The molecular weight excluding hydrogens is 222 g/mol. The summed E-state index contributed by atoms with van der Waals surface area (Å²) in [7, 11) is 1.98. The molecule has 0 aliphatic heterocycles. The molecule has 18 heavy (non-hydrogen) atoms. The van der Waals surface area contributed by atoms with Gasteiger partial charge in [0.2, 0.25) is 0 Å². The van der Waals surface area contributed by atoms with Gasteiger partial charge in [0, 0.05) is 0 Å². The summed E-state index contributed by atoms with van der Waals surface area (Å²) in [6.07, 6.45) is 4.51.